The molecule has 0 radical (unpaired) electrons. The molecule has 1 amide bonds. The summed E-state index contributed by atoms with van der Waals surface area (Å²) in [6, 6.07) is 7.80. The molecule has 1 aromatic heterocycles. The first kappa shape index (κ1) is 20.1. The van der Waals surface area contributed by atoms with E-state index in [2.05, 4.69) is 10.5 Å². The maximum Gasteiger partial charge on any atom is 0.248 e. The molecule has 1 heterocycles. The number of rotatable bonds is 6. The second kappa shape index (κ2) is 6.85. The summed E-state index contributed by atoms with van der Waals surface area (Å²) in [6.45, 7) is 7.91. The van der Waals surface area contributed by atoms with Crippen molar-refractivity contribution in [3.8, 4) is 0 Å². The highest BCUT2D eigenvalue weighted by atomic mass is 32.2. The number of nitrogens with zero attached hydrogens (tertiary/aromatic N) is 1. The predicted molar refractivity (Wildman–Crippen MR) is 97.7 cm³/mol. The fourth-order valence-corrected chi connectivity index (χ4v) is 3.51. The Hall–Kier alpha value is -2.19. The van der Waals surface area contributed by atoms with Crippen LogP contribution in [0.4, 0.5) is 5.88 Å². The molecule has 0 saturated carbocycles. The van der Waals surface area contributed by atoms with Crippen LogP contribution < -0.4 is 5.32 Å². The highest BCUT2D eigenvalue weighted by Gasteiger charge is 2.43. The van der Waals surface area contributed by atoms with Crippen LogP contribution in [0.5, 0.6) is 0 Å². The van der Waals surface area contributed by atoms with Gasteiger partial charge in [-0.1, -0.05) is 36.7 Å². The molecular weight excluding hydrogens is 356 g/mol. The van der Waals surface area contributed by atoms with Crippen LogP contribution in [-0.4, -0.2) is 35.9 Å². The van der Waals surface area contributed by atoms with E-state index in [9.17, 15) is 18.3 Å². The zero-order valence-corrected chi connectivity index (χ0v) is 16.3. The molecule has 8 heteroatoms. The highest BCUT2D eigenvalue weighted by molar-refractivity contribution is 7.93. The summed E-state index contributed by atoms with van der Waals surface area (Å²) < 4.78 is 29.1. The number of hydrogen-bond donors (Lipinski definition) is 2. The standard InChI is InChI=1S/C18H24N2O5S/c1-12-6-8-13(9-7-12)26(23,24)18(4,5)16(22)19-15-10-14(20-25-15)17(2,3)11-21/h6-10,21H,11H2,1-5H3,(H,19,22). The Morgan fingerprint density at radius 3 is 2.31 bits per heavy atom. The Balaban J connectivity index is 2.26. The average Bonchev–Trinajstić information content (AvgIpc) is 3.04. The van der Waals surface area contributed by atoms with Crippen LogP contribution in [0.1, 0.15) is 39.0 Å². The quantitative estimate of drug-likeness (QED) is 0.797. The fourth-order valence-electron chi connectivity index (χ4n) is 2.13. The number of sulfone groups is 1. The molecule has 1 aromatic carbocycles. The van der Waals surface area contributed by atoms with E-state index in [-0.39, 0.29) is 17.4 Å². The average molecular weight is 380 g/mol. The first-order chi connectivity index (χ1) is 11.9. The topological polar surface area (TPSA) is 110 Å². The molecule has 26 heavy (non-hydrogen) atoms. The SMILES string of the molecule is Cc1ccc(S(=O)(=O)C(C)(C)C(=O)Nc2cc(C(C)(C)CO)no2)cc1. The molecule has 0 spiro atoms. The number of carbonyl (C=O) groups excluding carboxylic acids is 1. The molecule has 7 nitrogen and oxygen atoms in total. The summed E-state index contributed by atoms with van der Waals surface area (Å²) in [6.07, 6.45) is 0. The lowest BCUT2D eigenvalue weighted by Crippen LogP contribution is -2.44. The van der Waals surface area contributed by atoms with Gasteiger partial charge in [-0.05, 0) is 32.9 Å². The molecule has 0 aliphatic heterocycles. The second-order valence-corrected chi connectivity index (χ2v) is 9.90. The van der Waals surface area contributed by atoms with Crippen LogP contribution in [0, 0.1) is 6.92 Å². The van der Waals surface area contributed by atoms with Gasteiger partial charge in [0, 0.05) is 11.5 Å². The van der Waals surface area contributed by atoms with E-state index in [1.165, 1.54) is 32.0 Å². The van der Waals surface area contributed by atoms with E-state index in [1.54, 1.807) is 26.0 Å². The Labute approximate surface area is 153 Å². The van der Waals surface area contributed by atoms with Gasteiger partial charge in [0.25, 0.3) is 0 Å². The second-order valence-electron chi connectivity index (χ2n) is 7.40. The number of hydrogen-bond acceptors (Lipinski definition) is 6. The van der Waals surface area contributed by atoms with Gasteiger partial charge in [-0.25, -0.2) is 8.42 Å². The lowest BCUT2D eigenvalue weighted by molar-refractivity contribution is -0.118. The number of aliphatic hydroxyl groups excluding tert-OH is 1. The Morgan fingerprint density at radius 2 is 1.77 bits per heavy atom. The number of amides is 1. The van der Waals surface area contributed by atoms with Crippen molar-refractivity contribution in [1.29, 1.82) is 0 Å². The Bertz CT molecular complexity index is 896. The summed E-state index contributed by atoms with van der Waals surface area (Å²) in [5, 5.41) is 15.7. The smallest absolute Gasteiger partial charge is 0.248 e. The molecule has 0 fully saturated rings. The number of anilines is 1. The van der Waals surface area contributed by atoms with Crippen LogP contribution in [0.25, 0.3) is 0 Å². The zero-order valence-electron chi connectivity index (χ0n) is 15.5. The predicted octanol–water partition coefficient (Wildman–Crippen LogP) is 2.44. The van der Waals surface area contributed by atoms with Crippen LogP contribution in [0.2, 0.25) is 0 Å². The molecule has 2 aromatic rings. The molecule has 0 bridgehead atoms. The van der Waals surface area contributed by atoms with Gasteiger partial charge in [0.1, 0.15) is 4.75 Å². The van der Waals surface area contributed by atoms with Crippen molar-refractivity contribution in [3.63, 3.8) is 0 Å². The van der Waals surface area contributed by atoms with Crippen LogP contribution in [0.3, 0.4) is 0 Å². The summed E-state index contributed by atoms with van der Waals surface area (Å²) in [7, 11) is -3.91. The number of aryl methyl sites for hydroxylation is 1. The van der Waals surface area contributed by atoms with Gasteiger partial charge < -0.3 is 9.63 Å². The summed E-state index contributed by atoms with van der Waals surface area (Å²) in [5.41, 5.74) is 0.733. The van der Waals surface area contributed by atoms with Crippen molar-refractivity contribution in [2.75, 3.05) is 11.9 Å². The molecule has 0 saturated heterocycles. The van der Waals surface area contributed by atoms with E-state index in [1.807, 2.05) is 6.92 Å². The molecule has 0 aliphatic carbocycles. The maximum atomic E-state index is 12.9. The molecule has 2 rings (SSSR count). The highest BCUT2D eigenvalue weighted by Crippen LogP contribution is 2.29. The van der Waals surface area contributed by atoms with Crippen molar-refractivity contribution >= 4 is 21.6 Å². The van der Waals surface area contributed by atoms with E-state index in [4.69, 9.17) is 4.52 Å². The number of nitrogens with one attached hydrogen (secondary N) is 1. The van der Waals surface area contributed by atoms with Crippen molar-refractivity contribution in [1.82, 2.24) is 5.16 Å². The van der Waals surface area contributed by atoms with Gasteiger partial charge in [-0.2, -0.15) is 0 Å². The molecule has 142 valence electrons. The van der Waals surface area contributed by atoms with Crippen LogP contribution in [-0.2, 0) is 20.0 Å². The molecule has 2 N–H and O–H groups in total. The minimum atomic E-state index is -3.91. The van der Waals surface area contributed by atoms with Gasteiger partial charge >= 0.3 is 0 Å². The minimum Gasteiger partial charge on any atom is -0.395 e. The Kier molecular flexibility index (Phi) is 5.30. The monoisotopic (exact) mass is 380 g/mol. The van der Waals surface area contributed by atoms with Gasteiger partial charge in [0.2, 0.25) is 11.8 Å². The van der Waals surface area contributed by atoms with Crippen LogP contribution >= 0.6 is 0 Å². The zero-order chi connectivity index (χ0) is 19.8. The fraction of sp³-hybridized carbons (Fsp3) is 0.444. The van der Waals surface area contributed by atoms with E-state index in [0.717, 1.165) is 5.56 Å². The normalized spacial score (nSPS) is 12.8. The summed E-state index contributed by atoms with van der Waals surface area (Å²) >= 11 is 0. The molecule has 0 unspecified atom stereocenters. The van der Waals surface area contributed by atoms with Gasteiger partial charge in [0.15, 0.2) is 9.84 Å². The first-order valence-corrected chi connectivity index (χ1v) is 9.61. The largest absolute Gasteiger partial charge is 0.395 e. The van der Waals surface area contributed by atoms with Crippen molar-refractivity contribution in [3.05, 3.63) is 41.6 Å². The van der Waals surface area contributed by atoms with Crippen LogP contribution in [0.15, 0.2) is 39.8 Å². The lowest BCUT2D eigenvalue weighted by atomic mass is 9.91. The molecule has 0 atom stereocenters. The minimum absolute atomic E-state index is 0.0266. The maximum absolute atomic E-state index is 12.9. The van der Waals surface area contributed by atoms with Gasteiger partial charge in [0.05, 0.1) is 17.2 Å². The number of carbonyl (C=O) groups is 1. The summed E-state index contributed by atoms with van der Waals surface area (Å²) in [5.74, 6) is -0.707. The van der Waals surface area contributed by atoms with Crippen molar-refractivity contribution in [2.45, 2.75) is 49.7 Å². The van der Waals surface area contributed by atoms with Crippen molar-refractivity contribution in [2.24, 2.45) is 0 Å². The van der Waals surface area contributed by atoms with E-state index < -0.39 is 25.9 Å². The number of benzene rings is 1. The van der Waals surface area contributed by atoms with Crippen molar-refractivity contribution < 1.29 is 22.8 Å². The van der Waals surface area contributed by atoms with Gasteiger partial charge in [-0.3, -0.25) is 10.1 Å². The molecular formula is C18H24N2O5S. The van der Waals surface area contributed by atoms with Gasteiger partial charge in [-0.15, -0.1) is 0 Å². The third-order valence-corrected chi connectivity index (χ3v) is 6.81. The molecule has 0 aliphatic rings. The number of aliphatic hydroxyl groups is 1. The lowest BCUT2D eigenvalue weighted by Gasteiger charge is -2.23. The van der Waals surface area contributed by atoms with E-state index in [0.29, 0.717) is 5.69 Å². The number of aromatic nitrogens is 1. The first-order valence-electron chi connectivity index (χ1n) is 8.12. The summed E-state index contributed by atoms with van der Waals surface area (Å²) in [4.78, 5) is 12.7. The van der Waals surface area contributed by atoms with E-state index >= 15 is 0 Å². The third-order valence-electron chi connectivity index (χ3n) is 4.39. The Morgan fingerprint density at radius 1 is 1.19 bits per heavy atom. The third kappa shape index (κ3) is 3.66.